The molecule has 1 aromatic carbocycles. The first kappa shape index (κ1) is 24.6. The average Bonchev–Trinajstić information content (AvgIpc) is 2.78. The predicted molar refractivity (Wildman–Crippen MR) is 128 cm³/mol. The van der Waals surface area contributed by atoms with Crippen LogP contribution in [-0.2, 0) is 29.0 Å². The number of H-pyrrole nitrogens is 2. The number of carbonyl (C=O) groups excluding carboxylic acids is 1. The van der Waals surface area contributed by atoms with E-state index in [0.717, 1.165) is 10.1 Å². The van der Waals surface area contributed by atoms with Gasteiger partial charge in [0.15, 0.2) is 5.69 Å². The molecular weight excluding hydrogens is 440 g/mol. The van der Waals surface area contributed by atoms with Gasteiger partial charge in [-0.1, -0.05) is 30.3 Å². The first-order valence-corrected chi connectivity index (χ1v) is 10.7. The minimum Gasteiger partial charge on any atom is -0.383 e. The smallest absolute Gasteiger partial charge is 0.330 e. The first-order chi connectivity index (χ1) is 16.2. The number of nitrogens with one attached hydrogen (secondary N) is 2. The molecule has 0 fully saturated rings. The van der Waals surface area contributed by atoms with E-state index in [-0.39, 0.29) is 49.6 Å². The van der Waals surface area contributed by atoms with Crippen molar-refractivity contribution in [2.24, 2.45) is 0 Å². The van der Waals surface area contributed by atoms with Crippen molar-refractivity contribution in [3.8, 4) is 0 Å². The van der Waals surface area contributed by atoms with Crippen LogP contribution in [0.2, 0.25) is 0 Å². The second kappa shape index (κ2) is 10.8. The molecule has 0 aliphatic rings. The summed E-state index contributed by atoms with van der Waals surface area (Å²) in [5.74, 6) is -0.0839. The molecule has 2 heterocycles. The molecule has 0 saturated heterocycles. The Hall–Kier alpha value is -3.99. The van der Waals surface area contributed by atoms with Gasteiger partial charge in [0.2, 0.25) is 5.91 Å². The average molecular weight is 469 g/mol. The van der Waals surface area contributed by atoms with Gasteiger partial charge in [-0.05, 0) is 25.8 Å². The number of hydrogen-bond acceptors (Lipinski definition) is 7. The lowest BCUT2D eigenvalue weighted by Crippen LogP contribution is -2.41. The van der Waals surface area contributed by atoms with Gasteiger partial charge >= 0.3 is 5.69 Å². The maximum Gasteiger partial charge on any atom is 0.330 e. The third-order valence-corrected chi connectivity index (χ3v) is 5.42. The number of carbonyl (C=O) groups is 1. The molecule has 180 valence electrons. The number of anilines is 2. The standard InChI is InChI=1S/C23H28N6O5/c1-14-17(21(31)26-15(2)25-14)9-10-18(30)29(13-16-7-5-4-6-8-16)19-20(24)28(11-12-34-3)23(33)27-22(19)32/h4-8H,9-13,24H2,1-3H3,(H,25,26,31)(H,27,32,33). The molecule has 11 heteroatoms. The predicted octanol–water partition coefficient (Wildman–Crippen LogP) is 0.631. The largest absolute Gasteiger partial charge is 0.383 e. The van der Waals surface area contributed by atoms with Crippen molar-refractivity contribution in [1.82, 2.24) is 19.5 Å². The molecule has 0 unspecified atom stereocenters. The Morgan fingerprint density at radius 3 is 2.47 bits per heavy atom. The van der Waals surface area contributed by atoms with E-state index in [4.69, 9.17) is 10.5 Å². The molecule has 0 radical (unpaired) electrons. The van der Waals surface area contributed by atoms with Crippen molar-refractivity contribution in [1.29, 1.82) is 0 Å². The van der Waals surface area contributed by atoms with Crippen LogP contribution >= 0.6 is 0 Å². The number of nitrogens with zero attached hydrogens (tertiary/aromatic N) is 3. The minimum absolute atomic E-state index is 0.0525. The van der Waals surface area contributed by atoms with Crippen LogP contribution < -0.4 is 27.4 Å². The van der Waals surface area contributed by atoms with Crippen LogP contribution in [0, 0.1) is 13.8 Å². The van der Waals surface area contributed by atoms with Gasteiger partial charge in [0.25, 0.3) is 11.1 Å². The maximum atomic E-state index is 13.4. The Kier molecular flexibility index (Phi) is 7.79. The Morgan fingerprint density at radius 2 is 1.82 bits per heavy atom. The summed E-state index contributed by atoms with van der Waals surface area (Å²) in [6.07, 6.45) is 0.0528. The van der Waals surface area contributed by atoms with Gasteiger partial charge in [-0.15, -0.1) is 0 Å². The van der Waals surface area contributed by atoms with Crippen LogP contribution in [0.25, 0.3) is 0 Å². The van der Waals surface area contributed by atoms with E-state index < -0.39 is 17.2 Å². The van der Waals surface area contributed by atoms with Gasteiger partial charge < -0.3 is 20.4 Å². The lowest BCUT2D eigenvalue weighted by molar-refractivity contribution is -0.118. The summed E-state index contributed by atoms with van der Waals surface area (Å²) in [4.78, 5) is 61.2. The van der Waals surface area contributed by atoms with Crippen LogP contribution in [0.1, 0.15) is 29.1 Å². The normalized spacial score (nSPS) is 10.9. The fraction of sp³-hybridized carbons (Fsp3) is 0.348. The summed E-state index contributed by atoms with van der Waals surface area (Å²) in [6, 6.07) is 9.08. The van der Waals surface area contributed by atoms with Crippen molar-refractivity contribution < 1.29 is 9.53 Å². The number of rotatable bonds is 9. The molecule has 0 bridgehead atoms. The second-order valence-electron chi connectivity index (χ2n) is 7.82. The van der Waals surface area contributed by atoms with Crippen LogP contribution in [0.3, 0.4) is 0 Å². The summed E-state index contributed by atoms with van der Waals surface area (Å²) in [5.41, 5.74) is 6.01. The van der Waals surface area contributed by atoms with Gasteiger partial charge in [-0.3, -0.25) is 23.9 Å². The highest BCUT2D eigenvalue weighted by Crippen LogP contribution is 2.21. The van der Waals surface area contributed by atoms with Crippen molar-refractivity contribution in [3.05, 3.63) is 84.2 Å². The third-order valence-electron chi connectivity index (χ3n) is 5.42. The lowest BCUT2D eigenvalue weighted by Gasteiger charge is -2.25. The number of aromatic amines is 2. The number of hydrogen-bond donors (Lipinski definition) is 3. The van der Waals surface area contributed by atoms with Gasteiger partial charge in [0.05, 0.1) is 19.7 Å². The molecule has 2 aromatic heterocycles. The number of ether oxygens (including phenoxy) is 1. The van der Waals surface area contributed by atoms with Crippen LogP contribution in [0.15, 0.2) is 44.7 Å². The molecule has 4 N–H and O–H groups in total. The Bertz CT molecular complexity index is 1340. The molecular formula is C23H28N6O5. The molecule has 0 aliphatic carbocycles. The number of aryl methyl sites for hydroxylation is 2. The monoisotopic (exact) mass is 468 g/mol. The molecule has 0 spiro atoms. The van der Waals surface area contributed by atoms with Crippen molar-refractivity contribution in [2.75, 3.05) is 24.4 Å². The summed E-state index contributed by atoms with van der Waals surface area (Å²) in [6.45, 7) is 3.72. The third kappa shape index (κ3) is 5.49. The topological polar surface area (TPSA) is 156 Å². The highest BCUT2D eigenvalue weighted by atomic mass is 16.5. The van der Waals surface area contributed by atoms with Gasteiger partial charge in [-0.25, -0.2) is 9.78 Å². The van der Waals surface area contributed by atoms with Crippen molar-refractivity contribution in [3.63, 3.8) is 0 Å². The maximum absolute atomic E-state index is 13.4. The highest BCUT2D eigenvalue weighted by molar-refractivity contribution is 5.95. The molecule has 34 heavy (non-hydrogen) atoms. The summed E-state index contributed by atoms with van der Waals surface area (Å²) in [5, 5.41) is 0. The number of nitrogens with two attached hydrogens (primary N) is 1. The molecule has 0 saturated carbocycles. The van der Waals surface area contributed by atoms with Crippen molar-refractivity contribution in [2.45, 2.75) is 39.8 Å². The molecule has 11 nitrogen and oxygen atoms in total. The second-order valence-corrected chi connectivity index (χ2v) is 7.82. The number of aromatic nitrogens is 4. The van der Waals surface area contributed by atoms with Crippen molar-refractivity contribution >= 4 is 17.4 Å². The lowest BCUT2D eigenvalue weighted by atomic mass is 10.1. The molecule has 0 aliphatic heterocycles. The van der Waals surface area contributed by atoms with E-state index in [2.05, 4.69) is 15.0 Å². The zero-order valence-electron chi connectivity index (χ0n) is 19.4. The number of methoxy groups -OCH3 is 1. The first-order valence-electron chi connectivity index (χ1n) is 10.7. The summed E-state index contributed by atoms with van der Waals surface area (Å²) < 4.78 is 6.18. The number of amides is 1. The molecule has 0 atom stereocenters. The Balaban J connectivity index is 2.01. The van der Waals surface area contributed by atoms with E-state index in [1.165, 1.54) is 12.0 Å². The minimum atomic E-state index is -0.772. The van der Waals surface area contributed by atoms with E-state index in [9.17, 15) is 19.2 Å². The SMILES string of the molecule is COCCn1c(N)c(N(Cc2ccccc2)C(=O)CCc2c(C)nc(C)[nH]c2=O)c(=O)[nH]c1=O. The van der Waals surface area contributed by atoms with Gasteiger partial charge in [-0.2, -0.15) is 0 Å². The van der Waals surface area contributed by atoms with Gasteiger partial charge in [0, 0.05) is 24.8 Å². The molecule has 3 aromatic rings. The van der Waals surface area contributed by atoms with Crippen LogP contribution in [0.4, 0.5) is 11.5 Å². The fourth-order valence-electron chi connectivity index (χ4n) is 3.71. The highest BCUT2D eigenvalue weighted by Gasteiger charge is 2.25. The molecule has 3 rings (SSSR count). The van der Waals surface area contributed by atoms with E-state index in [1.807, 2.05) is 30.3 Å². The quantitative estimate of drug-likeness (QED) is 0.416. The summed E-state index contributed by atoms with van der Waals surface area (Å²) in [7, 11) is 1.47. The van der Waals surface area contributed by atoms with Crippen LogP contribution in [0.5, 0.6) is 0 Å². The fourth-order valence-corrected chi connectivity index (χ4v) is 3.71. The number of nitrogen functional groups attached to an aromatic ring is 1. The Morgan fingerprint density at radius 1 is 1.12 bits per heavy atom. The van der Waals surface area contributed by atoms with E-state index >= 15 is 0 Å². The number of benzene rings is 1. The van der Waals surface area contributed by atoms with Gasteiger partial charge in [0.1, 0.15) is 11.6 Å². The zero-order valence-corrected chi connectivity index (χ0v) is 19.4. The van der Waals surface area contributed by atoms with Crippen LogP contribution in [-0.4, -0.2) is 39.1 Å². The Labute approximate surface area is 195 Å². The van der Waals surface area contributed by atoms with E-state index in [1.54, 1.807) is 13.8 Å². The zero-order chi connectivity index (χ0) is 24.8. The van der Waals surface area contributed by atoms with E-state index in [0.29, 0.717) is 17.1 Å². The summed E-state index contributed by atoms with van der Waals surface area (Å²) >= 11 is 0. The molecule has 1 amide bonds.